The van der Waals surface area contributed by atoms with E-state index in [4.69, 9.17) is 26.1 Å². The van der Waals surface area contributed by atoms with Crippen LogP contribution < -0.4 is 19.7 Å². The first-order valence-electron chi connectivity index (χ1n) is 13.7. The van der Waals surface area contributed by atoms with E-state index < -0.39 is 29.1 Å². The average molecular weight is 576 g/mol. The first-order chi connectivity index (χ1) is 19.4. The minimum Gasteiger partial charge on any atom is -0.507 e. The lowest BCUT2D eigenvalue weighted by Gasteiger charge is -2.31. The van der Waals surface area contributed by atoms with Crippen LogP contribution in [0.25, 0.3) is 22.0 Å². The highest BCUT2D eigenvalue weighted by molar-refractivity contribution is 6.36. The number of fused-ring (bicyclic) bond motifs is 3. The molecular formula is C28H29ClF3N5O3. The van der Waals surface area contributed by atoms with Gasteiger partial charge in [0.15, 0.2) is 11.6 Å². The number of ether oxygens (including phenoxy) is 2. The van der Waals surface area contributed by atoms with Crippen molar-refractivity contribution in [3.05, 3.63) is 34.9 Å². The minimum absolute atomic E-state index is 0.0558. The van der Waals surface area contributed by atoms with Crippen molar-refractivity contribution in [1.82, 2.24) is 20.2 Å². The van der Waals surface area contributed by atoms with Crippen molar-refractivity contribution in [2.75, 3.05) is 50.8 Å². The van der Waals surface area contributed by atoms with Gasteiger partial charge in [-0.05, 0) is 44.5 Å². The molecule has 3 saturated heterocycles. The SMILES string of the molecule is Oc1cccc(F)c1-c1c(Cl)c2c3c(nc(OC[C@@]45CCCN4C[C@H](F)C5)nc3c1F)N1CCCNCC1CO2. The molecule has 0 aliphatic carbocycles. The number of rotatable bonds is 4. The summed E-state index contributed by atoms with van der Waals surface area (Å²) in [5.41, 5.74) is -1.32. The molecule has 2 N–H and O–H groups in total. The number of nitrogens with one attached hydrogen (secondary N) is 1. The van der Waals surface area contributed by atoms with Crippen LogP contribution in [0.15, 0.2) is 18.2 Å². The van der Waals surface area contributed by atoms with Gasteiger partial charge in [-0.1, -0.05) is 17.7 Å². The molecule has 3 fully saturated rings. The second-order valence-corrected chi connectivity index (χ2v) is 11.5. The van der Waals surface area contributed by atoms with Crippen molar-refractivity contribution in [2.24, 2.45) is 0 Å². The predicted octanol–water partition coefficient (Wildman–Crippen LogP) is 4.45. The number of phenolic OH excluding ortho intramolecular Hbond substituents is 1. The highest BCUT2D eigenvalue weighted by Crippen LogP contribution is 2.50. The van der Waals surface area contributed by atoms with Crippen molar-refractivity contribution in [3.8, 4) is 28.6 Å². The van der Waals surface area contributed by atoms with Gasteiger partial charge in [0.05, 0.1) is 27.6 Å². The predicted molar refractivity (Wildman–Crippen MR) is 144 cm³/mol. The molecule has 4 aliphatic heterocycles. The van der Waals surface area contributed by atoms with Crippen LogP contribution in [0.5, 0.6) is 17.5 Å². The Labute approximate surface area is 234 Å². The molecule has 4 aliphatic rings. The van der Waals surface area contributed by atoms with E-state index in [1.54, 1.807) is 0 Å². The van der Waals surface area contributed by atoms with Crippen molar-refractivity contribution < 1.29 is 27.8 Å². The van der Waals surface area contributed by atoms with E-state index in [1.165, 1.54) is 12.1 Å². The van der Waals surface area contributed by atoms with Crippen LogP contribution >= 0.6 is 11.6 Å². The van der Waals surface area contributed by atoms with Crippen molar-refractivity contribution in [1.29, 1.82) is 0 Å². The lowest BCUT2D eigenvalue weighted by molar-refractivity contribution is 0.107. The van der Waals surface area contributed by atoms with Gasteiger partial charge in [0.2, 0.25) is 0 Å². The zero-order valence-corrected chi connectivity index (χ0v) is 22.5. The van der Waals surface area contributed by atoms with Gasteiger partial charge in [0.1, 0.15) is 42.3 Å². The normalized spacial score (nSPS) is 26.2. The van der Waals surface area contributed by atoms with Gasteiger partial charge in [-0.15, -0.1) is 0 Å². The Kier molecular flexibility index (Phi) is 6.36. The van der Waals surface area contributed by atoms with Crippen LogP contribution in [0.2, 0.25) is 5.02 Å². The number of halogens is 4. The quantitative estimate of drug-likeness (QED) is 0.472. The van der Waals surface area contributed by atoms with Crippen LogP contribution in [0.4, 0.5) is 19.0 Å². The number of hydrogen-bond donors (Lipinski definition) is 2. The number of alkyl halides is 1. The van der Waals surface area contributed by atoms with E-state index in [2.05, 4.69) is 20.1 Å². The average Bonchev–Trinajstić information content (AvgIpc) is 3.27. The zero-order valence-electron chi connectivity index (χ0n) is 21.7. The Bertz CT molecular complexity index is 1480. The fourth-order valence-electron chi connectivity index (χ4n) is 6.81. The Morgan fingerprint density at radius 3 is 2.92 bits per heavy atom. The van der Waals surface area contributed by atoms with Crippen LogP contribution in [0.3, 0.4) is 0 Å². The summed E-state index contributed by atoms with van der Waals surface area (Å²) >= 11 is 6.74. The van der Waals surface area contributed by atoms with Crippen molar-refractivity contribution >= 4 is 28.3 Å². The summed E-state index contributed by atoms with van der Waals surface area (Å²) in [5, 5.41) is 14.0. The number of aromatic nitrogens is 2. The van der Waals surface area contributed by atoms with Crippen LogP contribution in [0, 0.1) is 11.6 Å². The van der Waals surface area contributed by atoms with Crippen molar-refractivity contribution in [2.45, 2.75) is 43.4 Å². The third-order valence-electron chi connectivity index (χ3n) is 8.68. The van der Waals surface area contributed by atoms with Gasteiger partial charge >= 0.3 is 6.01 Å². The number of anilines is 1. The van der Waals surface area contributed by atoms with Crippen LogP contribution in [0.1, 0.15) is 25.7 Å². The summed E-state index contributed by atoms with van der Waals surface area (Å²) in [5.74, 6) is -1.68. The summed E-state index contributed by atoms with van der Waals surface area (Å²) in [6.45, 7) is 3.61. The van der Waals surface area contributed by atoms with Gasteiger partial charge in [-0.3, -0.25) is 4.90 Å². The van der Waals surface area contributed by atoms with Gasteiger partial charge in [-0.25, -0.2) is 13.2 Å². The largest absolute Gasteiger partial charge is 0.507 e. The lowest BCUT2D eigenvalue weighted by atomic mass is 9.95. The van der Waals surface area contributed by atoms with E-state index in [0.717, 1.165) is 38.4 Å². The van der Waals surface area contributed by atoms with E-state index >= 15 is 4.39 Å². The fraction of sp³-hybridized carbons (Fsp3) is 0.500. The van der Waals surface area contributed by atoms with E-state index in [9.17, 15) is 13.9 Å². The fourth-order valence-corrected chi connectivity index (χ4v) is 7.14. The standard InChI is InChI=1S/C28H29ClF3N5O3/c29-22-20(19-17(31)4-1-5-18(19)38)23(32)24-21-25(22)39-13-16-11-33-7-3-9-37(16)26(21)35-27(34-24)40-14-28-6-2-8-36(28)12-15(30)10-28/h1,4-5,15-16,33,38H,2-3,6-14H2/t15-,16?,28+/m1/s1. The minimum atomic E-state index is -0.924. The molecule has 2 aromatic carbocycles. The van der Waals surface area contributed by atoms with Crippen LogP contribution in [-0.4, -0.2) is 83.7 Å². The first-order valence-corrected chi connectivity index (χ1v) is 14.1. The molecule has 0 amide bonds. The Balaban J connectivity index is 1.41. The van der Waals surface area contributed by atoms with E-state index in [-0.39, 0.29) is 58.1 Å². The molecule has 0 radical (unpaired) electrons. The molecule has 0 saturated carbocycles. The van der Waals surface area contributed by atoms with Crippen molar-refractivity contribution in [3.63, 3.8) is 0 Å². The van der Waals surface area contributed by atoms with Crippen LogP contribution in [-0.2, 0) is 0 Å². The Hall–Kier alpha value is -3.02. The molecule has 3 aromatic rings. The second-order valence-electron chi connectivity index (χ2n) is 11.1. The monoisotopic (exact) mass is 575 g/mol. The zero-order chi connectivity index (χ0) is 27.6. The molecule has 8 nitrogen and oxygen atoms in total. The highest BCUT2D eigenvalue weighted by atomic mass is 35.5. The number of nitrogens with zero attached hydrogens (tertiary/aromatic N) is 4. The summed E-state index contributed by atoms with van der Waals surface area (Å²) in [6.07, 6.45) is 2.01. The highest BCUT2D eigenvalue weighted by Gasteiger charge is 2.49. The summed E-state index contributed by atoms with van der Waals surface area (Å²) in [4.78, 5) is 13.4. The van der Waals surface area contributed by atoms with E-state index in [1.807, 2.05) is 0 Å². The Morgan fingerprint density at radius 2 is 2.08 bits per heavy atom. The maximum absolute atomic E-state index is 16.5. The molecule has 12 heteroatoms. The molecule has 212 valence electrons. The summed E-state index contributed by atoms with van der Waals surface area (Å²) in [6, 6.07) is 3.51. The molecule has 3 atom stereocenters. The number of hydrogen-bond acceptors (Lipinski definition) is 8. The first kappa shape index (κ1) is 25.9. The summed E-state index contributed by atoms with van der Waals surface area (Å²) < 4.78 is 58.1. The maximum Gasteiger partial charge on any atom is 0.319 e. The lowest BCUT2D eigenvalue weighted by Crippen LogP contribution is -2.44. The number of phenols is 1. The second kappa shape index (κ2) is 9.81. The third kappa shape index (κ3) is 4.04. The summed E-state index contributed by atoms with van der Waals surface area (Å²) in [7, 11) is 0. The van der Waals surface area contributed by atoms with E-state index in [0.29, 0.717) is 31.9 Å². The molecule has 0 spiro atoms. The smallest absolute Gasteiger partial charge is 0.319 e. The number of benzene rings is 2. The maximum atomic E-state index is 16.5. The molecule has 5 heterocycles. The van der Waals surface area contributed by atoms with Gasteiger partial charge in [0, 0.05) is 31.6 Å². The molecule has 1 unspecified atom stereocenters. The molecule has 1 aromatic heterocycles. The molecule has 0 bridgehead atoms. The molecular weight excluding hydrogens is 547 g/mol. The molecule has 7 rings (SSSR count). The van der Waals surface area contributed by atoms with Gasteiger partial charge in [-0.2, -0.15) is 9.97 Å². The molecule has 40 heavy (non-hydrogen) atoms. The van der Waals surface area contributed by atoms with Gasteiger partial charge < -0.3 is 24.8 Å². The Morgan fingerprint density at radius 1 is 1.20 bits per heavy atom. The topological polar surface area (TPSA) is 83.0 Å². The number of aromatic hydroxyl groups is 1. The van der Waals surface area contributed by atoms with Gasteiger partial charge in [0.25, 0.3) is 0 Å². The third-order valence-corrected chi connectivity index (χ3v) is 9.04.